The number of hydrogen-bond donors (Lipinski definition) is 0. The highest BCUT2D eigenvalue weighted by Crippen LogP contribution is 2.49. The number of para-hydroxylation sites is 2. The monoisotopic (exact) mass is 379 g/mol. The highest BCUT2D eigenvalue weighted by molar-refractivity contribution is 8.19. The predicted octanol–water partition coefficient (Wildman–Crippen LogP) is 4.85. The topological polar surface area (TPSA) is 35.9 Å². The minimum absolute atomic E-state index is 0.0215. The van der Waals surface area contributed by atoms with Crippen molar-refractivity contribution in [1.82, 2.24) is 4.90 Å². The number of thioether (sulfide) groups is 2. The van der Waals surface area contributed by atoms with Crippen LogP contribution in [0.5, 0.6) is 0 Å². The second kappa shape index (κ2) is 7.05. The Morgan fingerprint density at radius 3 is 2.54 bits per heavy atom. The summed E-state index contributed by atoms with van der Waals surface area (Å²) < 4.78 is 0. The summed E-state index contributed by atoms with van der Waals surface area (Å²) in [5.74, 6) is -0.0215. The van der Waals surface area contributed by atoms with E-state index in [9.17, 15) is 4.79 Å². The molecule has 0 bridgehead atoms. The highest BCUT2D eigenvalue weighted by Gasteiger charge is 2.38. The molecule has 4 rings (SSSR count). The van der Waals surface area contributed by atoms with Crippen molar-refractivity contribution in [3.05, 3.63) is 77.2 Å². The zero-order valence-corrected chi connectivity index (χ0v) is 15.9. The molecule has 1 amide bonds. The van der Waals surface area contributed by atoms with E-state index in [4.69, 9.17) is 0 Å². The van der Waals surface area contributed by atoms with Crippen LogP contribution < -0.4 is 4.90 Å². The summed E-state index contributed by atoms with van der Waals surface area (Å²) in [4.78, 5) is 23.4. The van der Waals surface area contributed by atoms with Gasteiger partial charge in [-0.25, -0.2) is 4.99 Å². The summed E-state index contributed by atoms with van der Waals surface area (Å²) >= 11 is 3.06. The highest BCUT2D eigenvalue weighted by atomic mass is 32.2. The number of amides is 1. The van der Waals surface area contributed by atoms with Gasteiger partial charge in [-0.3, -0.25) is 9.69 Å². The number of amidine groups is 1. The first kappa shape index (κ1) is 17.0. The van der Waals surface area contributed by atoms with Crippen LogP contribution in [0, 0.1) is 0 Å². The number of fused-ring (bicyclic) bond motifs is 1. The summed E-state index contributed by atoms with van der Waals surface area (Å²) in [6, 6.07) is 17.9. The maximum absolute atomic E-state index is 13.1. The molecular weight excluding hydrogens is 362 g/mol. The maximum Gasteiger partial charge on any atom is 0.269 e. The Morgan fingerprint density at radius 2 is 1.81 bits per heavy atom. The Hall–Kier alpha value is -2.44. The number of anilines is 1. The second-order valence-electron chi connectivity index (χ2n) is 5.80. The molecular formula is C20H17N3OS2. The van der Waals surface area contributed by atoms with Crippen LogP contribution in [-0.2, 0) is 4.79 Å². The molecule has 0 saturated carbocycles. The van der Waals surface area contributed by atoms with E-state index in [2.05, 4.69) is 28.6 Å². The second-order valence-corrected chi connectivity index (χ2v) is 7.81. The third-order valence-corrected chi connectivity index (χ3v) is 6.52. The number of rotatable bonds is 3. The average molecular weight is 380 g/mol. The van der Waals surface area contributed by atoms with E-state index >= 15 is 0 Å². The van der Waals surface area contributed by atoms with Crippen LogP contribution in [0.1, 0.15) is 0 Å². The molecule has 2 heterocycles. The quantitative estimate of drug-likeness (QED) is 0.564. The molecule has 0 spiro atoms. The zero-order chi connectivity index (χ0) is 18.1. The van der Waals surface area contributed by atoms with E-state index in [0.717, 1.165) is 21.3 Å². The lowest BCUT2D eigenvalue weighted by Gasteiger charge is -2.15. The fourth-order valence-electron chi connectivity index (χ4n) is 2.82. The first-order valence-corrected chi connectivity index (χ1v) is 9.81. The van der Waals surface area contributed by atoms with E-state index < -0.39 is 0 Å². The van der Waals surface area contributed by atoms with Gasteiger partial charge in [-0.05, 0) is 36.0 Å². The Balaban J connectivity index is 1.74. The summed E-state index contributed by atoms with van der Waals surface area (Å²) in [6.45, 7) is 4.22. The van der Waals surface area contributed by atoms with Crippen LogP contribution in [0.15, 0.2) is 87.1 Å². The van der Waals surface area contributed by atoms with Crippen molar-refractivity contribution in [1.29, 1.82) is 0 Å². The van der Waals surface area contributed by atoms with Crippen molar-refractivity contribution in [3.63, 3.8) is 0 Å². The molecule has 6 heteroatoms. The summed E-state index contributed by atoms with van der Waals surface area (Å²) in [5.41, 5.74) is 1.95. The Kier molecular flexibility index (Phi) is 4.61. The first-order valence-electron chi connectivity index (χ1n) is 8.18. The van der Waals surface area contributed by atoms with Crippen molar-refractivity contribution in [3.8, 4) is 0 Å². The molecule has 0 aliphatic carbocycles. The van der Waals surface area contributed by atoms with Crippen LogP contribution in [0.4, 0.5) is 11.4 Å². The van der Waals surface area contributed by atoms with Crippen molar-refractivity contribution in [2.75, 3.05) is 18.5 Å². The van der Waals surface area contributed by atoms with Gasteiger partial charge in [0.25, 0.3) is 5.91 Å². The van der Waals surface area contributed by atoms with Gasteiger partial charge in [-0.2, -0.15) is 0 Å². The Labute approximate surface area is 161 Å². The minimum atomic E-state index is -0.0215. The smallest absolute Gasteiger partial charge is 0.269 e. The van der Waals surface area contributed by atoms with Gasteiger partial charge in [0.1, 0.15) is 4.91 Å². The molecule has 0 aromatic heterocycles. The molecule has 0 radical (unpaired) electrons. The van der Waals surface area contributed by atoms with E-state index in [1.807, 2.05) is 49.5 Å². The number of benzene rings is 2. The third kappa shape index (κ3) is 2.95. The normalized spacial score (nSPS) is 20.8. The minimum Gasteiger partial charge on any atom is -0.337 e. The summed E-state index contributed by atoms with van der Waals surface area (Å²) in [7, 11) is 2.00. The summed E-state index contributed by atoms with van der Waals surface area (Å²) in [5, 5.41) is 1.64. The van der Waals surface area contributed by atoms with Crippen LogP contribution >= 0.6 is 23.5 Å². The van der Waals surface area contributed by atoms with Crippen molar-refractivity contribution in [2.24, 2.45) is 4.99 Å². The largest absolute Gasteiger partial charge is 0.337 e. The lowest BCUT2D eigenvalue weighted by molar-refractivity contribution is -0.121. The molecule has 4 nitrogen and oxygen atoms in total. The van der Waals surface area contributed by atoms with Gasteiger partial charge < -0.3 is 4.90 Å². The Morgan fingerprint density at radius 1 is 1.08 bits per heavy atom. The zero-order valence-electron chi connectivity index (χ0n) is 14.3. The van der Waals surface area contributed by atoms with Gasteiger partial charge in [0, 0.05) is 18.5 Å². The molecule has 2 aliphatic rings. The van der Waals surface area contributed by atoms with Crippen LogP contribution in [-0.4, -0.2) is 29.6 Å². The number of carbonyl (C=O) groups excluding carboxylic acids is 1. The predicted molar refractivity (Wildman–Crippen MR) is 111 cm³/mol. The van der Waals surface area contributed by atoms with Gasteiger partial charge in [-0.1, -0.05) is 48.2 Å². The average Bonchev–Trinajstić information content (AvgIpc) is 3.15. The fraction of sp³-hybridized carbons (Fsp3) is 0.100. The number of aliphatic imine (C=N–C) groups is 1. The van der Waals surface area contributed by atoms with Gasteiger partial charge in [-0.15, -0.1) is 6.58 Å². The maximum atomic E-state index is 13.1. The molecule has 1 fully saturated rings. The molecule has 2 aliphatic heterocycles. The molecule has 1 saturated heterocycles. The van der Waals surface area contributed by atoms with E-state index in [1.165, 1.54) is 11.8 Å². The van der Waals surface area contributed by atoms with Crippen molar-refractivity contribution < 1.29 is 4.79 Å². The van der Waals surface area contributed by atoms with Crippen molar-refractivity contribution >= 4 is 46.0 Å². The molecule has 0 unspecified atom stereocenters. The molecule has 0 N–H and O–H groups in total. The summed E-state index contributed by atoms with van der Waals surface area (Å²) in [6.07, 6.45) is 1.73. The number of nitrogens with zero attached hydrogens (tertiary/aromatic N) is 3. The third-order valence-electron chi connectivity index (χ3n) is 4.09. The van der Waals surface area contributed by atoms with Crippen LogP contribution in [0.2, 0.25) is 0 Å². The van der Waals surface area contributed by atoms with Gasteiger partial charge in [0.2, 0.25) is 0 Å². The van der Waals surface area contributed by atoms with Crippen LogP contribution in [0.25, 0.3) is 0 Å². The molecule has 130 valence electrons. The number of carbonyl (C=O) groups is 1. The van der Waals surface area contributed by atoms with E-state index in [1.54, 1.807) is 22.7 Å². The Bertz CT molecular complexity index is 937. The van der Waals surface area contributed by atoms with E-state index in [0.29, 0.717) is 16.6 Å². The lowest BCUT2D eigenvalue weighted by Crippen LogP contribution is -2.29. The van der Waals surface area contributed by atoms with Gasteiger partial charge in [0.05, 0.1) is 16.4 Å². The SMILES string of the molecule is C=CCN1C(=O)/C(=C2/Sc3ccccc3N2C)SC1=Nc1ccccc1. The standard InChI is InChI=1S/C20H17N3OS2/c1-3-13-23-18(24)17(26-20(23)21-14-9-5-4-6-10-14)19-22(2)15-11-7-8-12-16(15)25-19/h3-12H,1,13H2,2H3/b19-17-,21-20?. The lowest BCUT2D eigenvalue weighted by atomic mass is 10.3. The van der Waals surface area contributed by atoms with Crippen LogP contribution in [0.3, 0.4) is 0 Å². The van der Waals surface area contributed by atoms with Gasteiger partial charge >= 0.3 is 0 Å². The molecule has 2 aromatic carbocycles. The van der Waals surface area contributed by atoms with Crippen molar-refractivity contribution in [2.45, 2.75) is 4.90 Å². The molecule has 26 heavy (non-hydrogen) atoms. The first-order chi connectivity index (χ1) is 12.7. The van der Waals surface area contributed by atoms with E-state index in [-0.39, 0.29) is 5.91 Å². The molecule has 2 aromatic rings. The molecule has 0 atom stereocenters. The van der Waals surface area contributed by atoms with Gasteiger partial charge in [0.15, 0.2) is 5.17 Å². The number of hydrogen-bond acceptors (Lipinski definition) is 5. The fourth-order valence-corrected chi connectivity index (χ4v) is 5.17.